The molecule has 2 nitrogen and oxygen atoms in total. The second-order valence-electron chi connectivity index (χ2n) is 11.0. The molecule has 4 bridgehead atoms. The molecule has 0 saturated heterocycles. The van der Waals surface area contributed by atoms with E-state index in [2.05, 4.69) is 36.7 Å². The average Bonchev–Trinajstić information content (AvgIpc) is 2.84. The smallest absolute Gasteiger partial charge is 0.100 e. The van der Waals surface area contributed by atoms with Crippen LogP contribution in [0.3, 0.4) is 0 Å². The molecule has 3 aliphatic rings. The lowest BCUT2D eigenvalue weighted by molar-refractivity contribution is -0.842. The van der Waals surface area contributed by atoms with E-state index in [1.165, 1.54) is 148 Å². The van der Waals surface area contributed by atoms with Crippen molar-refractivity contribution in [1.82, 2.24) is 0 Å². The largest absolute Gasteiger partial charge is 0.305 e. The van der Waals surface area contributed by atoms with Gasteiger partial charge in [0.2, 0.25) is 0 Å². The van der Waals surface area contributed by atoms with Crippen LogP contribution in [0, 0.1) is 0 Å². The van der Waals surface area contributed by atoms with Crippen molar-refractivity contribution >= 4 is 0 Å². The van der Waals surface area contributed by atoms with E-state index in [1.54, 1.807) is 20.9 Å². The number of quaternary nitrogens is 2. The van der Waals surface area contributed by atoms with E-state index in [1.807, 2.05) is 0 Å². The van der Waals surface area contributed by atoms with Gasteiger partial charge in [0.1, 0.15) is 13.1 Å². The predicted octanol–water partition coefficient (Wildman–Crippen LogP) is 6.09. The minimum absolute atomic E-state index is 1.20. The maximum Gasteiger partial charge on any atom is 0.100 e. The fraction of sp³-hybridized carbons (Fsp3) is 0.742. The van der Waals surface area contributed by atoms with Gasteiger partial charge in [0.15, 0.2) is 0 Å². The fourth-order valence-corrected chi connectivity index (χ4v) is 5.78. The molecule has 2 atom stereocenters. The summed E-state index contributed by atoms with van der Waals surface area (Å²) in [5, 5.41) is 0. The van der Waals surface area contributed by atoms with Gasteiger partial charge in [0.25, 0.3) is 0 Å². The maximum absolute atomic E-state index is 2.55. The van der Waals surface area contributed by atoms with Gasteiger partial charge in [-0.05, 0) is 63.5 Å². The highest BCUT2D eigenvalue weighted by atomic mass is 15.1. The standard InChI is InChI=1S/C31H52N2/c1-2-6-10-14-20-30-22-18-27-33(28-30)25-17-13-9-5-3-7-11-15-21-31-23-19-26-32(29-31)24-16-12-8-4-1/h18-19,22-23,28-29H,1-17,20-21,24-27H2/p+2. The normalized spacial score (nSPS) is 28.4. The van der Waals surface area contributed by atoms with Gasteiger partial charge in [-0.3, -0.25) is 0 Å². The molecule has 3 aliphatic heterocycles. The van der Waals surface area contributed by atoms with Crippen molar-refractivity contribution in [1.29, 1.82) is 0 Å². The van der Waals surface area contributed by atoms with E-state index in [0.29, 0.717) is 0 Å². The summed E-state index contributed by atoms with van der Waals surface area (Å²) in [6, 6.07) is 0. The van der Waals surface area contributed by atoms with E-state index < -0.39 is 0 Å². The summed E-state index contributed by atoms with van der Waals surface area (Å²) >= 11 is 0. The van der Waals surface area contributed by atoms with Crippen molar-refractivity contribution in [2.75, 3.05) is 26.2 Å². The second-order valence-corrected chi connectivity index (χ2v) is 11.0. The summed E-state index contributed by atoms with van der Waals surface area (Å²) in [5.74, 6) is 0. The summed E-state index contributed by atoms with van der Waals surface area (Å²) in [6.07, 6.45) is 41.5. The van der Waals surface area contributed by atoms with Crippen LogP contribution >= 0.6 is 0 Å². The lowest BCUT2D eigenvalue weighted by Gasteiger charge is -2.18. The lowest BCUT2D eigenvalue weighted by atomic mass is 10.0. The highest BCUT2D eigenvalue weighted by molar-refractivity contribution is 5.18. The number of hydrogen-bond donors (Lipinski definition) is 2. The van der Waals surface area contributed by atoms with Crippen molar-refractivity contribution in [3.05, 3.63) is 47.9 Å². The van der Waals surface area contributed by atoms with Gasteiger partial charge in [-0.1, -0.05) is 82.8 Å². The van der Waals surface area contributed by atoms with E-state index >= 15 is 0 Å². The van der Waals surface area contributed by atoms with Crippen molar-refractivity contribution in [2.24, 2.45) is 0 Å². The Kier molecular flexibility index (Phi) is 13.9. The molecule has 2 N–H and O–H groups in total. The Labute approximate surface area is 205 Å². The quantitative estimate of drug-likeness (QED) is 0.438. The van der Waals surface area contributed by atoms with E-state index in [4.69, 9.17) is 0 Å². The first kappa shape index (κ1) is 26.5. The van der Waals surface area contributed by atoms with Crippen molar-refractivity contribution in [3.63, 3.8) is 0 Å². The average molecular weight is 455 g/mol. The first-order chi connectivity index (χ1) is 16.4. The Balaban J connectivity index is 1.36. The van der Waals surface area contributed by atoms with Gasteiger partial charge in [0.05, 0.1) is 25.5 Å². The van der Waals surface area contributed by atoms with Gasteiger partial charge in [-0.15, -0.1) is 0 Å². The Morgan fingerprint density at radius 1 is 0.394 bits per heavy atom. The van der Waals surface area contributed by atoms with Crippen LogP contribution < -0.4 is 9.80 Å². The molecule has 0 aromatic carbocycles. The van der Waals surface area contributed by atoms with Crippen LogP contribution in [0.15, 0.2) is 47.9 Å². The second kappa shape index (κ2) is 17.3. The van der Waals surface area contributed by atoms with Crippen molar-refractivity contribution in [2.45, 2.75) is 122 Å². The molecule has 33 heavy (non-hydrogen) atoms. The molecule has 0 aromatic heterocycles. The van der Waals surface area contributed by atoms with Crippen LogP contribution in [-0.4, -0.2) is 26.2 Å². The summed E-state index contributed by atoms with van der Waals surface area (Å²) in [7, 11) is 0. The Morgan fingerprint density at radius 2 is 0.727 bits per heavy atom. The summed E-state index contributed by atoms with van der Waals surface area (Å²) in [5.41, 5.74) is 3.20. The van der Waals surface area contributed by atoms with Gasteiger partial charge in [0, 0.05) is 11.1 Å². The van der Waals surface area contributed by atoms with Gasteiger partial charge < -0.3 is 9.80 Å². The highest BCUT2D eigenvalue weighted by Crippen LogP contribution is 2.15. The van der Waals surface area contributed by atoms with Crippen LogP contribution in [0.5, 0.6) is 0 Å². The third kappa shape index (κ3) is 12.2. The molecular weight excluding hydrogens is 400 g/mol. The van der Waals surface area contributed by atoms with Crippen LogP contribution in [0.1, 0.15) is 122 Å². The molecule has 0 aromatic rings. The maximum atomic E-state index is 2.55. The topological polar surface area (TPSA) is 8.88 Å². The lowest BCUT2D eigenvalue weighted by Crippen LogP contribution is -3.07. The zero-order valence-corrected chi connectivity index (χ0v) is 21.7. The number of rotatable bonds is 0. The summed E-state index contributed by atoms with van der Waals surface area (Å²) in [4.78, 5) is 3.38. The first-order valence-electron chi connectivity index (χ1n) is 14.8. The zero-order chi connectivity index (χ0) is 22.8. The minimum atomic E-state index is 1.20. The van der Waals surface area contributed by atoms with Crippen LogP contribution in [0.2, 0.25) is 0 Å². The molecule has 0 saturated carbocycles. The Hall–Kier alpha value is -1.12. The molecule has 0 aliphatic carbocycles. The number of fused-ring (bicyclic) bond motifs is 2. The number of nitrogens with one attached hydrogen (secondary N) is 2. The molecule has 3 heterocycles. The molecule has 0 spiro atoms. The van der Waals surface area contributed by atoms with E-state index in [-0.39, 0.29) is 0 Å². The number of hydrogen-bond acceptors (Lipinski definition) is 0. The Morgan fingerprint density at radius 3 is 1.12 bits per heavy atom. The molecule has 2 unspecified atom stereocenters. The third-order valence-corrected chi connectivity index (χ3v) is 7.88. The van der Waals surface area contributed by atoms with Crippen molar-refractivity contribution < 1.29 is 9.80 Å². The van der Waals surface area contributed by atoms with Crippen LogP contribution in [0.25, 0.3) is 0 Å². The molecule has 3 rings (SSSR count). The summed E-state index contributed by atoms with van der Waals surface area (Å²) in [6.45, 7) is 5.07. The molecular formula is C31H54N2+2. The van der Waals surface area contributed by atoms with Gasteiger partial charge in [-0.25, -0.2) is 0 Å². The van der Waals surface area contributed by atoms with Crippen LogP contribution in [0.4, 0.5) is 0 Å². The molecule has 2 heteroatoms. The minimum Gasteiger partial charge on any atom is -0.305 e. The highest BCUT2D eigenvalue weighted by Gasteiger charge is 2.11. The first-order valence-corrected chi connectivity index (χ1v) is 14.8. The molecule has 0 amide bonds. The van der Waals surface area contributed by atoms with E-state index in [0.717, 1.165) is 0 Å². The van der Waals surface area contributed by atoms with Gasteiger partial charge in [-0.2, -0.15) is 0 Å². The zero-order valence-electron chi connectivity index (χ0n) is 21.7. The van der Waals surface area contributed by atoms with Crippen molar-refractivity contribution in [3.8, 4) is 0 Å². The van der Waals surface area contributed by atoms with Gasteiger partial charge >= 0.3 is 0 Å². The summed E-state index contributed by atoms with van der Waals surface area (Å²) < 4.78 is 0. The predicted molar refractivity (Wildman–Crippen MR) is 144 cm³/mol. The number of allylic oxidation sites excluding steroid dienone is 4. The monoisotopic (exact) mass is 454 g/mol. The third-order valence-electron chi connectivity index (χ3n) is 7.88. The molecule has 0 fully saturated rings. The molecule has 186 valence electrons. The fourth-order valence-electron chi connectivity index (χ4n) is 5.78. The van der Waals surface area contributed by atoms with Crippen LogP contribution in [-0.2, 0) is 0 Å². The molecule has 0 radical (unpaired) electrons. The SMILES string of the molecule is C1=CC2=C[NH+](C1)CCCCCCCCCCCC1=C[NH+](CC=C1)CCCCCCCCCC2. The van der Waals surface area contributed by atoms with E-state index in [9.17, 15) is 0 Å². The Bertz CT molecular complexity index is 627.